The largest absolute Gasteiger partial charge is 0.252 e. The molecule has 11 heavy (non-hydrogen) atoms. The summed E-state index contributed by atoms with van der Waals surface area (Å²) in [5.74, 6) is -0.998. The van der Waals surface area contributed by atoms with E-state index in [-0.39, 0.29) is 0 Å². The zero-order valence-electron chi connectivity index (χ0n) is 5.89. The van der Waals surface area contributed by atoms with Crippen LogP contribution in [-0.2, 0) is 9.84 Å². The van der Waals surface area contributed by atoms with Crippen molar-refractivity contribution in [1.29, 1.82) is 0 Å². The first kappa shape index (κ1) is 8.90. The van der Waals surface area contributed by atoms with Crippen LogP contribution in [0.25, 0.3) is 0 Å². The Morgan fingerprint density at radius 3 is 2.18 bits per heavy atom. The van der Waals surface area contributed by atoms with Crippen molar-refractivity contribution in [1.82, 2.24) is 0 Å². The van der Waals surface area contributed by atoms with E-state index in [0.717, 1.165) is 6.42 Å². The van der Waals surface area contributed by atoms with E-state index in [9.17, 15) is 17.2 Å². The summed E-state index contributed by atoms with van der Waals surface area (Å²) in [7, 11) is -3.56. The quantitative estimate of drug-likeness (QED) is 0.662. The smallest absolute Gasteiger partial charge is 0.228 e. The first-order valence-electron chi connectivity index (χ1n) is 3.38. The highest BCUT2D eigenvalue weighted by Crippen LogP contribution is 2.34. The van der Waals surface area contributed by atoms with Crippen LogP contribution in [0.3, 0.4) is 0 Å². The minimum absolute atomic E-state index is 0.304. The number of hydrogen-bond acceptors (Lipinski definition) is 2. The van der Waals surface area contributed by atoms with Gasteiger partial charge in [-0.25, -0.2) is 17.2 Å². The summed E-state index contributed by atoms with van der Waals surface area (Å²) in [5, 5.41) is 0.304. The summed E-state index contributed by atoms with van der Waals surface area (Å²) < 4.78 is 45.1. The molecule has 1 aliphatic rings. The van der Waals surface area contributed by atoms with E-state index in [1.807, 2.05) is 0 Å². The molecule has 0 atom stereocenters. The van der Waals surface area contributed by atoms with Crippen LogP contribution in [0, 0.1) is 5.25 Å². The zero-order valence-corrected chi connectivity index (χ0v) is 6.70. The molecule has 1 fully saturated rings. The average molecular weight is 183 g/mol. The van der Waals surface area contributed by atoms with Gasteiger partial charge in [-0.2, -0.15) is 0 Å². The van der Waals surface area contributed by atoms with Crippen LogP contribution in [0.2, 0.25) is 0 Å². The van der Waals surface area contributed by atoms with Gasteiger partial charge in [-0.1, -0.05) is 6.42 Å². The normalized spacial score (nSPS) is 20.3. The fourth-order valence-electron chi connectivity index (χ4n) is 0.916. The summed E-state index contributed by atoms with van der Waals surface area (Å²) in [6.45, 7) is 0. The van der Waals surface area contributed by atoms with Gasteiger partial charge in [0.2, 0.25) is 0 Å². The lowest BCUT2D eigenvalue weighted by Gasteiger charge is -2.23. The molecule has 0 aromatic carbocycles. The molecule has 1 aliphatic carbocycles. The Morgan fingerprint density at radius 1 is 1.36 bits per heavy atom. The molecule has 1 saturated carbocycles. The van der Waals surface area contributed by atoms with E-state index >= 15 is 0 Å². The van der Waals surface area contributed by atoms with Crippen LogP contribution in [0.4, 0.5) is 8.78 Å². The Bertz CT molecular complexity index is 219. The Labute approximate surface area is 64.5 Å². The lowest BCUT2D eigenvalue weighted by molar-refractivity contribution is 0.174. The van der Waals surface area contributed by atoms with E-state index < -0.39 is 22.0 Å². The summed E-state index contributed by atoms with van der Waals surface area (Å²) in [5.41, 5.74) is 0. The van der Waals surface area contributed by atoms with Gasteiger partial charge in [0.15, 0.2) is 9.84 Å². The monoisotopic (exact) mass is 183 g/mol. The SMILES string of the molecule is O=S(=O)(CC(F)F)[C]1CCC1. The molecule has 0 aliphatic heterocycles. The van der Waals surface area contributed by atoms with Crippen molar-refractivity contribution >= 4 is 9.84 Å². The third kappa shape index (κ3) is 2.12. The number of sulfone groups is 1. The van der Waals surface area contributed by atoms with Crippen molar-refractivity contribution in [2.45, 2.75) is 25.7 Å². The topological polar surface area (TPSA) is 34.1 Å². The third-order valence-corrected chi connectivity index (χ3v) is 3.68. The first-order valence-corrected chi connectivity index (χ1v) is 5.03. The van der Waals surface area contributed by atoms with Gasteiger partial charge in [-0.05, 0) is 12.8 Å². The summed E-state index contributed by atoms with van der Waals surface area (Å²) >= 11 is 0. The third-order valence-electron chi connectivity index (χ3n) is 1.70. The van der Waals surface area contributed by atoms with E-state index in [2.05, 4.69) is 0 Å². The van der Waals surface area contributed by atoms with Crippen LogP contribution in [0.1, 0.15) is 19.3 Å². The molecule has 0 spiro atoms. The van der Waals surface area contributed by atoms with Crippen molar-refractivity contribution in [2.75, 3.05) is 5.75 Å². The number of rotatable bonds is 3. The van der Waals surface area contributed by atoms with Gasteiger partial charge < -0.3 is 0 Å². The molecule has 0 aromatic heterocycles. The second-order valence-corrected chi connectivity index (χ2v) is 4.70. The summed E-state index contributed by atoms with van der Waals surface area (Å²) in [6.07, 6.45) is -0.963. The van der Waals surface area contributed by atoms with Crippen molar-refractivity contribution in [3.8, 4) is 0 Å². The van der Waals surface area contributed by atoms with Gasteiger partial charge in [-0.15, -0.1) is 0 Å². The van der Waals surface area contributed by atoms with E-state index in [1.165, 1.54) is 0 Å². The molecule has 0 amide bonds. The molecule has 1 rings (SSSR count). The van der Waals surface area contributed by atoms with Gasteiger partial charge in [0.05, 0.1) is 5.25 Å². The van der Waals surface area contributed by atoms with Gasteiger partial charge in [0.25, 0.3) is 6.43 Å². The van der Waals surface area contributed by atoms with Crippen molar-refractivity contribution in [2.24, 2.45) is 0 Å². The maximum Gasteiger partial charge on any atom is 0.252 e. The first-order chi connectivity index (χ1) is 5.02. The van der Waals surface area contributed by atoms with Gasteiger partial charge in [-0.3, -0.25) is 0 Å². The van der Waals surface area contributed by atoms with E-state index in [4.69, 9.17) is 0 Å². The summed E-state index contributed by atoms with van der Waals surface area (Å²) in [4.78, 5) is 0. The van der Waals surface area contributed by atoms with Gasteiger partial charge in [0, 0.05) is 0 Å². The van der Waals surface area contributed by atoms with E-state index in [1.54, 1.807) is 0 Å². The Morgan fingerprint density at radius 2 is 1.91 bits per heavy atom. The lowest BCUT2D eigenvalue weighted by Crippen LogP contribution is -2.25. The molecule has 0 saturated heterocycles. The second-order valence-electron chi connectivity index (χ2n) is 2.56. The van der Waals surface area contributed by atoms with Crippen LogP contribution in [0.15, 0.2) is 0 Å². The number of hydrogen-bond donors (Lipinski definition) is 0. The second kappa shape index (κ2) is 3.05. The fraction of sp³-hybridized carbons (Fsp3) is 0.833. The molecule has 5 heteroatoms. The highest BCUT2D eigenvalue weighted by molar-refractivity contribution is 7.94. The Balaban J connectivity index is 2.52. The van der Waals surface area contributed by atoms with Crippen LogP contribution >= 0.6 is 0 Å². The minimum atomic E-state index is -3.56. The van der Waals surface area contributed by atoms with Gasteiger partial charge in [0.1, 0.15) is 5.75 Å². The molecule has 65 valence electrons. The molecular weight excluding hydrogens is 174 g/mol. The molecule has 0 aromatic rings. The molecule has 0 bridgehead atoms. The molecule has 0 N–H and O–H groups in total. The molecule has 0 heterocycles. The lowest BCUT2D eigenvalue weighted by atomic mass is 10.0. The fourth-order valence-corrected chi connectivity index (χ4v) is 2.39. The molecular formula is C6H9F2O2S. The van der Waals surface area contributed by atoms with Crippen LogP contribution in [0.5, 0.6) is 0 Å². The highest BCUT2D eigenvalue weighted by atomic mass is 32.2. The van der Waals surface area contributed by atoms with Gasteiger partial charge >= 0.3 is 0 Å². The zero-order chi connectivity index (χ0) is 8.48. The predicted octanol–water partition coefficient (Wildman–Crippen LogP) is 1.38. The Kier molecular flexibility index (Phi) is 2.47. The van der Waals surface area contributed by atoms with Crippen molar-refractivity contribution < 1.29 is 17.2 Å². The van der Waals surface area contributed by atoms with E-state index in [0.29, 0.717) is 18.1 Å². The minimum Gasteiger partial charge on any atom is -0.228 e. The van der Waals surface area contributed by atoms with Crippen molar-refractivity contribution in [3.63, 3.8) is 0 Å². The summed E-state index contributed by atoms with van der Waals surface area (Å²) in [6, 6.07) is 0. The standard InChI is InChI=1S/C6H9F2O2S/c7-6(8)4-11(9,10)5-2-1-3-5/h6H,1-4H2. The Hall–Kier alpha value is -0.190. The maximum atomic E-state index is 11.7. The highest BCUT2D eigenvalue weighted by Gasteiger charge is 2.34. The van der Waals surface area contributed by atoms with Crippen molar-refractivity contribution in [3.05, 3.63) is 5.25 Å². The maximum absolute atomic E-state index is 11.7. The number of halogens is 2. The molecule has 1 radical (unpaired) electrons. The van der Waals surface area contributed by atoms with Crippen LogP contribution < -0.4 is 0 Å². The molecule has 0 unspecified atom stereocenters. The number of alkyl halides is 2. The van der Waals surface area contributed by atoms with Crippen LogP contribution in [-0.4, -0.2) is 20.6 Å². The average Bonchev–Trinajstić information content (AvgIpc) is 1.50. The predicted molar refractivity (Wildman–Crippen MR) is 36.9 cm³/mol. The molecule has 2 nitrogen and oxygen atoms in total.